The Labute approximate surface area is 108 Å². The predicted octanol–water partition coefficient (Wildman–Crippen LogP) is 2.98. The topological polar surface area (TPSA) is 47.6 Å². The van der Waals surface area contributed by atoms with Gasteiger partial charge in [0.2, 0.25) is 0 Å². The number of benzene rings is 1. The van der Waals surface area contributed by atoms with Crippen molar-refractivity contribution < 1.29 is 14.4 Å². The highest BCUT2D eigenvalue weighted by atomic mass is 16.7. The van der Waals surface area contributed by atoms with Gasteiger partial charge in [-0.25, -0.2) is 4.79 Å². The number of carbonyl (C=O) groups is 1. The van der Waals surface area contributed by atoms with Crippen LogP contribution in [0.3, 0.4) is 0 Å². The van der Waals surface area contributed by atoms with Gasteiger partial charge in [-0.15, -0.1) is 0 Å². The van der Waals surface area contributed by atoms with E-state index < -0.39 is 0 Å². The Balaban J connectivity index is 2.74. The summed E-state index contributed by atoms with van der Waals surface area (Å²) in [4.78, 5) is 17.0. The third kappa shape index (κ3) is 4.22. The van der Waals surface area contributed by atoms with E-state index in [0.717, 1.165) is 11.3 Å². The molecule has 1 atom stereocenters. The van der Waals surface area contributed by atoms with Gasteiger partial charge in [0.25, 0.3) is 0 Å². The molecule has 0 radical (unpaired) electrons. The molecule has 0 amide bonds. The van der Waals surface area contributed by atoms with Crippen LogP contribution in [0.15, 0.2) is 36.5 Å². The normalized spacial score (nSPS) is 11.7. The van der Waals surface area contributed by atoms with Crippen LogP contribution in [0.25, 0.3) is 0 Å². The lowest BCUT2D eigenvalue weighted by Gasteiger charge is -2.15. The summed E-state index contributed by atoms with van der Waals surface area (Å²) in [6.07, 6.45) is -0.184. The quantitative estimate of drug-likeness (QED) is 0.622. The van der Waals surface area contributed by atoms with Gasteiger partial charge in [-0.3, -0.25) is 10.3 Å². The average molecular weight is 249 g/mol. The first-order valence-corrected chi connectivity index (χ1v) is 5.88. The van der Waals surface area contributed by atoms with E-state index in [1.54, 1.807) is 19.1 Å². The molecule has 0 aromatic heterocycles. The zero-order valence-corrected chi connectivity index (χ0v) is 11.0. The molecule has 4 heteroatoms. The number of esters is 1. The first-order valence-electron chi connectivity index (χ1n) is 5.88. The molecule has 1 unspecified atom stereocenters. The number of hydroxylamine groups is 1. The fourth-order valence-corrected chi connectivity index (χ4v) is 1.39. The minimum Gasteiger partial charge on any atom is -0.462 e. The predicted molar refractivity (Wildman–Crippen MR) is 69.8 cm³/mol. The van der Waals surface area contributed by atoms with E-state index in [0.29, 0.717) is 12.2 Å². The molecule has 18 heavy (non-hydrogen) atoms. The second-order valence-corrected chi connectivity index (χ2v) is 3.99. The molecule has 98 valence electrons. The Hall–Kier alpha value is -1.81. The molecule has 1 aromatic carbocycles. The fourth-order valence-electron chi connectivity index (χ4n) is 1.39. The van der Waals surface area contributed by atoms with Crippen LogP contribution in [0, 0.1) is 0 Å². The maximum atomic E-state index is 11.6. The molecule has 1 rings (SSSR count). The van der Waals surface area contributed by atoms with Crippen LogP contribution in [0.5, 0.6) is 0 Å². The molecule has 0 aliphatic rings. The Bertz CT molecular complexity index is 429. The average Bonchev–Trinajstić information content (AvgIpc) is 2.36. The molecule has 1 N–H and O–H groups in total. The van der Waals surface area contributed by atoms with Crippen molar-refractivity contribution in [3.05, 3.63) is 47.7 Å². The molecule has 0 heterocycles. The number of hydrogen-bond donors (Lipinski definition) is 1. The highest BCUT2D eigenvalue weighted by molar-refractivity contribution is 5.89. The van der Waals surface area contributed by atoms with Crippen LogP contribution >= 0.6 is 0 Å². The van der Waals surface area contributed by atoms with E-state index in [1.807, 2.05) is 26.0 Å². The Morgan fingerprint density at radius 1 is 1.50 bits per heavy atom. The molecule has 1 aromatic rings. The molecule has 0 bridgehead atoms. The molecule has 4 nitrogen and oxygen atoms in total. The SMILES string of the molecule is C=C(C)NOC(C)c1cccc(C(=O)OCC)c1. The molecular weight excluding hydrogens is 230 g/mol. The number of ether oxygens (including phenoxy) is 1. The van der Waals surface area contributed by atoms with Crippen LogP contribution < -0.4 is 5.48 Å². The third-order valence-corrected chi connectivity index (χ3v) is 2.28. The molecule has 0 aliphatic heterocycles. The molecule has 0 fully saturated rings. The molecule has 0 spiro atoms. The highest BCUT2D eigenvalue weighted by Gasteiger charge is 2.11. The van der Waals surface area contributed by atoms with Crippen molar-refractivity contribution >= 4 is 5.97 Å². The first-order chi connectivity index (χ1) is 8.54. The number of carbonyl (C=O) groups excluding carboxylic acids is 1. The zero-order valence-electron chi connectivity index (χ0n) is 11.0. The van der Waals surface area contributed by atoms with Crippen molar-refractivity contribution in [1.82, 2.24) is 5.48 Å². The van der Waals surface area contributed by atoms with Crippen molar-refractivity contribution in [2.45, 2.75) is 26.9 Å². The van der Waals surface area contributed by atoms with Crippen LogP contribution in [0.4, 0.5) is 0 Å². The molecule has 0 saturated carbocycles. The number of nitrogens with one attached hydrogen (secondary N) is 1. The largest absolute Gasteiger partial charge is 0.462 e. The Morgan fingerprint density at radius 3 is 2.83 bits per heavy atom. The summed E-state index contributed by atoms with van der Waals surface area (Å²) in [6.45, 7) is 9.53. The summed E-state index contributed by atoms with van der Waals surface area (Å²) in [6, 6.07) is 7.19. The van der Waals surface area contributed by atoms with Gasteiger partial charge < -0.3 is 4.74 Å². The lowest BCUT2D eigenvalue weighted by atomic mass is 10.1. The lowest BCUT2D eigenvalue weighted by molar-refractivity contribution is 0.00199. The Kier molecular flexibility index (Phi) is 5.39. The molecular formula is C14H19NO3. The highest BCUT2D eigenvalue weighted by Crippen LogP contribution is 2.17. The summed E-state index contributed by atoms with van der Waals surface area (Å²) >= 11 is 0. The van der Waals surface area contributed by atoms with Gasteiger partial charge in [-0.05, 0) is 38.5 Å². The van der Waals surface area contributed by atoms with Crippen molar-refractivity contribution in [2.75, 3.05) is 6.61 Å². The second kappa shape index (κ2) is 6.81. The van der Waals surface area contributed by atoms with Crippen molar-refractivity contribution in [1.29, 1.82) is 0 Å². The van der Waals surface area contributed by atoms with Gasteiger partial charge in [0, 0.05) is 5.70 Å². The van der Waals surface area contributed by atoms with Gasteiger partial charge >= 0.3 is 5.97 Å². The van der Waals surface area contributed by atoms with Crippen LogP contribution in [0.2, 0.25) is 0 Å². The maximum absolute atomic E-state index is 11.6. The van der Waals surface area contributed by atoms with Crippen molar-refractivity contribution in [3.8, 4) is 0 Å². The summed E-state index contributed by atoms with van der Waals surface area (Å²) in [7, 11) is 0. The van der Waals surface area contributed by atoms with Gasteiger partial charge in [-0.2, -0.15) is 0 Å². The smallest absolute Gasteiger partial charge is 0.338 e. The van der Waals surface area contributed by atoms with E-state index in [-0.39, 0.29) is 12.1 Å². The molecule has 0 saturated heterocycles. The van der Waals surface area contributed by atoms with Gasteiger partial charge in [0.1, 0.15) is 6.10 Å². The minimum atomic E-state index is -0.320. The van der Waals surface area contributed by atoms with Crippen LogP contribution in [-0.2, 0) is 9.57 Å². The molecule has 0 aliphatic carbocycles. The summed E-state index contributed by atoms with van der Waals surface area (Å²) in [5.74, 6) is -0.320. The summed E-state index contributed by atoms with van der Waals surface area (Å²) in [5, 5.41) is 0. The van der Waals surface area contributed by atoms with Crippen LogP contribution in [0.1, 0.15) is 42.8 Å². The number of hydrogen-bond acceptors (Lipinski definition) is 4. The fraction of sp³-hybridized carbons (Fsp3) is 0.357. The van der Waals surface area contributed by atoms with E-state index in [1.165, 1.54) is 0 Å². The van der Waals surface area contributed by atoms with E-state index in [4.69, 9.17) is 9.57 Å². The third-order valence-electron chi connectivity index (χ3n) is 2.28. The van der Waals surface area contributed by atoms with Gasteiger partial charge in [0.05, 0.1) is 12.2 Å². The summed E-state index contributed by atoms with van der Waals surface area (Å²) in [5.41, 5.74) is 4.86. The summed E-state index contributed by atoms with van der Waals surface area (Å²) < 4.78 is 4.95. The number of rotatable bonds is 6. The Morgan fingerprint density at radius 2 is 2.22 bits per heavy atom. The van der Waals surface area contributed by atoms with Gasteiger partial charge in [0.15, 0.2) is 0 Å². The first kappa shape index (κ1) is 14.3. The van der Waals surface area contributed by atoms with E-state index >= 15 is 0 Å². The monoisotopic (exact) mass is 249 g/mol. The van der Waals surface area contributed by atoms with Crippen molar-refractivity contribution in [2.24, 2.45) is 0 Å². The van der Waals surface area contributed by atoms with E-state index in [2.05, 4.69) is 12.1 Å². The lowest BCUT2D eigenvalue weighted by Crippen LogP contribution is -2.15. The number of allylic oxidation sites excluding steroid dienone is 1. The standard InChI is InChI=1S/C14H19NO3/c1-5-17-14(16)13-8-6-7-12(9-13)11(4)18-15-10(2)3/h6-9,11,15H,2,5H2,1,3-4H3. The van der Waals surface area contributed by atoms with Gasteiger partial charge in [-0.1, -0.05) is 18.7 Å². The second-order valence-electron chi connectivity index (χ2n) is 3.99. The van der Waals surface area contributed by atoms with Crippen LogP contribution in [-0.4, -0.2) is 12.6 Å². The van der Waals surface area contributed by atoms with Crippen molar-refractivity contribution in [3.63, 3.8) is 0 Å². The maximum Gasteiger partial charge on any atom is 0.338 e. The zero-order chi connectivity index (χ0) is 13.5. The minimum absolute atomic E-state index is 0.184. The van der Waals surface area contributed by atoms with E-state index in [9.17, 15) is 4.79 Å².